The van der Waals surface area contributed by atoms with Crippen LogP contribution < -0.4 is 15.8 Å². The van der Waals surface area contributed by atoms with Gasteiger partial charge >= 0.3 is 0 Å². The molecular formula is C15H27N5O. The molecule has 0 radical (unpaired) electrons. The summed E-state index contributed by atoms with van der Waals surface area (Å²) in [6, 6.07) is 2.02. The van der Waals surface area contributed by atoms with Crippen molar-refractivity contribution in [2.45, 2.75) is 32.9 Å². The molecule has 0 bridgehead atoms. The molecule has 1 unspecified atom stereocenters. The molecular weight excluding hydrogens is 266 g/mol. The standard InChI is InChI=1S/C15H27N5O/c1-4-13(16-5-2)12-20-15(21)10-14(11-17-20)19-8-6-18(3)7-9-19/h10-11,13,16H,4-9,12H2,1-3H3. The first kappa shape index (κ1) is 16.0. The second kappa shape index (κ2) is 7.56. The Kier molecular flexibility index (Phi) is 5.76. The number of hydrogen-bond acceptors (Lipinski definition) is 5. The molecule has 1 N–H and O–H groups in total. The molecule has 0 spiro atoms. The van der Waals surface area contributed by atoms with E-state index >= 15 is 0 Å². The van der Waals surface area contributed by atoms with Gasteiger partial charge in [0.2, 0.25) is 0 Å². The topological polar surface area (TPSA) is 53.4 Å². The number of nitrogens with zero attached hydrogens (tertiary/aromatic N) is 4. The molecule has 2 heterocycles. The third-order valence-electron chi connectivity index (χ3n) is 4.10. The number of rotatable bonds is 6. The highest BCUT2D eigenvalue weighted by molar-refractivity contribution is 5.43. The maximum Gasteiger partial charge on any atom is 0.268 e. The molecule has 0 amide bonds. The maximum absolute atomic E-state index is 12.2. The summed E-state index contributed by atoms with van der Waals surface area (Å²) >= 11 is 0. The van der Waals surface area contributed by atoms with E-state index in [1.54, 1.807) is 10.7 Å². The summed E-state index contributed by atoms with van der Waals surface area (Å²) in [5, 5.41) is 7.73. The van der Waals surface area contributed by atoms with E-state index in [-0.39, 0.29) is 5.56 Å². The quantitative estimate of drug-likeness (QED) is 0.822. The second-order valence-corrected chi connectivity index (χ2v) is 5.69. The van der Waals surface area contributed by atoms with Crippen LogP contribution in [0, 0.1) is 0 Å². The Morgan fingerprint density at radius 2 is 2.00 bits per heavy atom. The molecule has 0 aromatic carbocycles. The lowest BCUT2D eigenvalue weighted by molar-refractivity contribution is 0.312. The van der Waals surface area contributed by atoms with Crippen LogP contribution in [-0.4, -0.2) is 60.5 Å². The van der Waals surface area contributed by atoms with Gasteiger partial charge in [0.15, 0.2) is 0 Å². The summed E-state index contributed by atoms with van der Waals surface area (Å²) in [5.74, 6) is 0. The van der Waals surface area contributed by atoms with Crippen LogP contribution in [0.3, 0.4) is 0 Å². The molecule has 0 saturated carbocycles. The van der Waals surface area contributed by atoms with Crippen molar-refractivity contribution in [3.63, 3.8) is 0 Å². The molecule has 1 fully saturated rings. The molecule has 1 atom stereocenters. The normalized spacial score (nSPS) is 18.0. The largest absolute Gasteiger partial charge is 0.368 e. The van der Waals surface area contributed by atoms with Crippen LogP contribution in [0.1, 0.15) is 20.3 Å². The Morgan fingerprint density at radius 1 is 1.29 bits per heavy atom. The fourth-order valence-corrected chi connectivity index (χ4v) is 2.63. The minimum Gasteiger partial charge on any atom is -0.368 e. The summed E-state index contributed by atoms with van der Waals surface area (Å²) in [6.45, 7) is 9.71. The number of aromatic nitrogens is 2. The van der Waals surface area contributed by atoms with Gasteiger partial charge in [-0.05, 0) is 20.0 Å². The first-order valence-electron chi connectivity index (χ1n) is 7.88. The first-order valence-corrected chi connectivity index (χ1v) is 7.88. The number of hydrogen-bond donors (Lipinski definition) is 1. The zero-order valence-electron chi connectivity index (χ0n) is 13.4. The van der Waals surface area contributed by atoms with Crippen molar-refractivity contribution >= 4 is 5.69 Å². The van der Waals surface area contributed by atoms with Crippen molar-refractivity contribution < 1.29 is 0 Å². The number of anilines is 1. The first-order chi connectivity index (χ1) is 10.1. The second-order valence-electron chi connectivity index (χ2n) is 5.69. The van der Waals surface area contributed by atoms with Gasteiger partial charge in [0.1, 0.15) is 0 Å². The molecule has 1 saturated heterocycles. The number of nitrogens with one attached hydrogen (secondary N) is 1. The van der Waals surface area contributed by atoms with Gasteiger partial charge in [-0.2, -0.15) is 5.10 Å². The van der Waals surface area contributed by atoms with Crippen molar-refractivity contribution in [3.8, 4) is 0 Å². The lowest BCUT2D eigenvalue weighted by Crippen LogP contribution is -2.45. The molecule has 1 aliphatic rings. The van der Waals surface area contributed by atoms with Crippen LogP contribution in [0.5, 0.6) is 0 Å². The lowest BCUT2D eigenvalue weighted by atomic mass is 10.2. The van der Waals surface area contributed by atoms with E-state index in [0.717, 1.165) is 44.8 Å². The SMILES string of the molecule is CCNC(CC)Cn1ncc(N2CCN(C)CC2)cc1=O. The van der Waals surface area contributed by atoms with Gasteiger partial charge in [0.05, 0.1) is 18.4 Å². The lowest BCUT2D eigenvalue weighted by Gasteiger charge is -2.33. The van der Waals surface area contributed by atoms with Gasteiger partial charge in [0, 0.05) is 38.3 Å². The van der Waals surface area contributed by atoms with Gasteiger partial charge < -0.3 is 15.1 Å². The average molecular weight is 293 g/mol. The van der Waals surface area contributed by atoms with Crippen LogP contribution in [0.15, 0.2) is 17.1 Å². The van der Waals surface area contributed by atoms with E-state index in [9.17, 15) is 4.79 Å². The molecule has 6 nitrogen and oxygen atoms in total. The summed E-state index contributed by atoms with van der Waals surface area (Å²) < 4.78 is 1.57. The Labute approximate surface area is 126 Å². The Bertz CT molecular complexity index is 493. The van der Waals surface area contributed by atoms with Crippen molar-refractivity contribution in [1.29, 1.82) is 0 Å². The van der Waals surface area contributed by atoms with Gasteiger partial charge in [0.25, 0.3) is 5.56 Å². The highest BCUT2D eigenvalue weighted by Crippen LogP contribution is 2.12. The highest BCUT2D eigenvalue weighted by Gasteiger charge is 2.16. The number of likely N-dealkylation sites (N-methyl/N-ethyl adjacent to an activating group) is 2. The smallest absolute Gasteiger partial charge is 0.268 e. The average Bonchev–Trinajstić information content (AvgIpc) is 2.49. The molecule has 6 heteroatoms. The molecule has 2 rings (SSSR count). The van der Waals surface area contributed by atoms with E-state index in [4.69, 9.17) is 0 Å². The minimum absolute atomic E-state index is 0.0113. The van der Waals surface area contributed by atoms with Crippen molar-refractivity contribution in [2.75, 3.05) is 44.7 Å². The van der Waals surface area contributed by atoms with E-state index in [0.29, 0.717) is 12.6 Å². The summed E-state index contributed by atoms with van der Waals surface area (Å²) in [4.78, 5) is 16.8. The van der Waals surface area contributed by atoms with E-state index in [1.807, 2.05) is 6.20 Å². The minimum atomic E-state index is -0.0113. The van der Waals surface area contributed by atoms with Crippen LogP contribution in [0.4, 0.5) is 5.69 Å². The zero-order valence-corrected chi connectivity index (χ0v) is 13.4. The third-order valence-corrected chi connectivity index (χ3v) is 4.10. The molecule has 0 aliphatic carbocycles. The Balaban J connectivity index is 2.05. The Morgan fingerprint density at radius 3 is 2.57 bits per heavy atom. The predicted octanol–water partition coefficient (Wildman–Crippen LogP) is 0.383. The van der Waals surface area contributed by atoms with Crippen molar-refractivity contribution in [3.05, 3.63) is 22.6 Å². The van der Waals surface area contributed by atoms with E-state index < -0.39 is 0 Å². The van der Waals surface area contributed by atoms with Gasteiger partial charge in [-0.1, -0.05) is 13.8 Å². The van der Waals surface area contributed by atoms with Crippen LogP contribution in [0.25, 0.3) is 0 Å². The van der Waals surface area contributed by atoms with E-state index in [2.05, 4.69) is 41.1 Å². The maximum atomic E-state index is 12.2. The molecule has 21 heavy (non-hydrogen) atoms. The Hall–Kier alpha value is -1.40. The summed E-state index contributed by atoms with van der Waals surface area (Å²) in [6.07, 6.45) is 2.81. The zero-order chi connectivity index (χ0) is 15.2. The highest BCUT2D eigenvalue weighted by atomic mass is 16.1. The van der Waals surface area contributed by atoms with Gasteiger partial charge in [-0.3, -0.25) is 4.79 Å². The summed E-state index contributed by atoms with van der Waals surface area (Å²) in [5.41, 5.74) is 0.934. The molecule has 1 aliphatic heterocycles. The number of piperazine rings is 1. The van der Waals surface area contributed by atoms with Gasteiger partial charge in [-0.25, -0.2) is 4.68 Å². The fourth-order valence-electron chi connectivity index (χ4n) is 2.63. The molecule has 1 aromatic heterocycles. The van der Waals surface area contributed by atoms with Crippen molar-refractivity contribution in [2.24, 2.45) is 0 Å². The van der Waals surface area contributed by atoms with Crippen LogP contribution in [0.2, 0.25) is 0 Å². The molecule has 118 valence electrons. The van der Waals surface area contributed by atoms with Crippen molar-refractivity contribution in [1.82, 2.24) is 20.0 Å². The van der Waals surface area contributed by atoms with Crippen LogP contribution >= 0.6 is 0 Å². The third kappa shape index (κ3) is 4.28. The summed E-state index contributed by atoms with van der Waals surface area (Å²) in [7, 11) is 2.12. The van der Waals surface area contributed by atoms with E-state index in [1.165, 1.54) is 0 Å². The van der Waals surface area contributed by atoms with Crippen LogP contribution in [-0.2, 0) is 6.54 Å². The monoisotopic (exact) mass is 293 g/mol. The molecule has 1 aromatic rings. The predicted molar refractivity (Wildman–Crippen MR) is 86.0 cm³/mol. The van der Waals surface area contributed by atoms with Gasteiger partial charge in [-0.15, -0.1) is 0 Å². The fraction of sp³-hybridized carbons (Fsp3) is 0.733.